The van der Waals surface area contributed by atoms with Crippen LogP contribution in [-0.2, 0) is 11.3 Å². The third kappa shape index (κ3) is 3.62. The smallest absolute Gasteiger partial charge is 0.323 e. The summed E-state index contributed by atoms with van der Waals surface area (Å²) in [6.45, 7) is -0.452. The molecule has 4 rings (SSSR count). The van der Waals surface area contributed by atoms with E-state index < -0.39 is 24.1 Å². The maximum atomic E-state index is 14.1. The number of hydrogen-bond donors (Lipinski definition) is 2. The molecular weight excluding hydrogens is 440 g/mol. The zero-order valence-electron chi connectivity index (χ0n) is 17.1. The number of fused-ring (bicyclic) bond motifs is 2. The van der Waals surface area contributed by atoms with Gasteiger partial charge in [0.2, 0.25) is 0 Å². The first-order valence-electron chi connectivity index (χ1n) is 9.58. The molecule has 4 aromatic rings. The first-order valence-corrected chi connectivity index (χ1v) is 9.95. The molecule has 164 valence electrons. The van der Waals surface area contributed by atoms with E-state index in [9.17, 15) is 23.5 Å². The predicted molar refractivity (Wildman–Crippen MR) is 122 cm³/mol. The van der Waals surface area contributed by atoms with E-state index in [1.165, 1.54) is 28.8 Å². The Bertz CT molecular complexity index is 1430. The number of carbonyl (C=O) groups is 1. The van der Waals surface area contributed by atoms with Crippen molar-refractivity contribution in [1.29, 1.82) is 0 Å². The number of aromatic nitrogens is 1. The van der Waals surface area contributed by atoms with Gasteiger partial charge < -0.3 is 19.9 Å². The normalized spacial score (nSPS) is 11.2. The van der Waals surface area contributed by atoms with Gasteiger partial charge in [-0.1, -0.05) is 17.7 Å². The summed E-state index contributed by atoms with van der Waals surface area (Å²) in [5.41, 5.74) is 0.765. The highest BCUT2D eigenvalue weighted by atomic mass is 35.5. The van der Waals surface area contributed by atoms with Crippen LogP contribution in [0, 0.1) is 11.6 Å². The maximum Gasteiger partial charge on any atom is 0.323 e. The first kappa shape index (κ1) is 21.6. The van der Waals surface area contributed by atoms with Gasteiger partial charge >= 0.3 is 5.97 Å². The van der Waals surface area contributed by atoms with Gasteiger partial charge in [0, 0.05) is 30.6 Å². The lowest BCUT2D eigenvalue weighted by Gasteiger charge is -2.22. The molecule has 0 radical (unpaired) electrons. The quantitative estimate of drug-likeness (QED) is 0.413. The topological polar surface area (TPSA) is 74.6 Å². The van der Waals surface area contributed by atoms with Gasteiger partial charge in [-0.05, 0) is 42.5 Å². The largest absolute Gasteiger partial charge is 0.480 e. The molecule has 0 saturated heterocycles. The molecule has 0 aliphatic heterocycles. The first-order chi connectivity index (χ1) is 15.2. The van der Waals surface area contributed by atoms with E-state index >= 15 is 0 Å². The van der Waals surface area contributed by atoms with Crippen LogP contribution >= 0.6 is 11.6 Å². The molecule has 0 saturated carbocycles. The lowest BCUT2D eigenvalue weighted by atomic mass is 10.1. The molecule has 0 aliphatic rings. The number of para-hydroxylation sites is 1. The Morgan fingerprint density at radius 2 is 1.75 bits per heavy atom. The van der Waals surface area contributed by atoms with Crippen molar-refractivity contribution in [3.63, 3.8) is 0 Å². The number of pyridine rings is 1. The fraction of sp³-hybridized carbons (Fsp3) is 0.130. The molecular formula is C23H18ClF2N3O3. The Morgan fingerprint density at radius 1 is 1.09 bits per heavy atom. The molecule has 2 N–H and O–H groups in total. The molecule has 0 bridgehead atoms. The zero-order chi connectivity index (χ0) is 23.2. The zero-order valence-corrected chi connectivity index (χ0v) is 17.9. The van der Waals surface area contributed by atoms with Crippen molar-refractivity contribution >= 4 is 56.4 Å². The number of aliphatic carboxylic acids is 1. The third-order valence-electron chi connectivity index (χ3n) is 5.12. The molecule has 1 aromatic heterocycles. The highest BCUT2D eigenvalue weighted by Gasteiger charge is 2.19. The third-order valence-corrected chi connectivity index (χ3v) is 5.43. The van der Waals surface area contributed by atoms with Crippen LogP contribution in [0.15, 0.2) is 53.3 Å². The Hall–Kier alpha value is -3.65. The summed E-state index contributed by atoms with van der Waals surface area (Å²) in [5, 5.41) is 13.2. The van der Waals surface area contributed by atoms with Crippen molar-refractivity contribution in [3.05, 3.63) is 75.4 Å². The van der Waals surface area contributed by atoms with Gasteiger partial charge in [-0.2, -0.15) is 0 Å². The van der Waals surface area contributed by atoms with Gasteiger partial charge in [-0.15, -0.1) is 0 Å². The van der Waals surface area contributed by atoms with Crippen LogP contribution in [0.3, 0.4) is 0 Å². The number of benzene rings is 3. The number of nitrogens with one attached hydrogen (secondary N) is 1. The second-order valence-corrected chi connectivity index (χ2v) is 7.86. The average molecular weight is 458 g/mol. The molecule has 0 aliphatic carbocycles. The van der Waals surface area contributed by atoms with Crippen molar-refractivity contribution < 1.29 is 18.7 Å². The van der Waals surface area contributed by atoms with Crippen LogP contribution in [0.4, 0.5) is 25.8 Å². The second kappa shape index (κ2) is 8.12. The van der Waals surface area contributed by atoms with Crippen LogP contribution < -0.4 is 15.6 Å². The van der Waals surface area contributed by atoms with Gasteiger partial charge in [0.05, 0.1) is 21.7 Å². The fourth-order valence-corrected chi connectivity index (χ4v) is 4.11. The van der Waals surface area contributed by atoms with E-state index in [1.54, 1.807) is 31.1 Å². The second-order valence-electron chi connectivity index (χ2n) is 7.45. The minimum absolute atomic E-state index is 0.269. The maximum absolute atomic E-state index is 14.1. The molecule has 3 aromatic carbocycles. The molecule has 0 fully saturated rings. The highest BCUT2D eigenvalue weighted by Crippen LogP contribution is 2.35. The van der Waals surface area contributed by atoms with Gasteiger partial charge in [-0.3, -0.25) is 9.59 Å². The van der Waals surface area contributed by atoms with Gasteiger partial charge in [0.15, 0.2) is 5.43 Å². The lowest BCUT2D eigenvalue weighted by Crippen LogP contribution is -2.19. The molecule has 6 nitrogen and oxygen atoms in total. The van der Waals surface area contributed by atoms with Crippen molar-refractivity contribution in [2.45, 2.75) is 6.54 Å². The Balaban J connectivity index is 2.07. The number of carboxylic acid groups (broad SMARTS) is 1. The summed E-state index contributed by atoms with van der Waals surface area (Å²) in [6, 6.07) is 11.1. The molecule has 0 spiro atoms. The number of rotatable bonds is 5. The van der Waals surface area contributed by atoms with Gasteiger partial charge in [0.1, 0.15) is 23.9 Å². The van der Waals surface area contributed by atoms with Gasteiger partial charge in [-0.25, -0.2) is 8.78 Å². The summed E-state index contributed by atoms with van der Waals surface area (Å²) in [7, 11) is 3.47. The van der Waals surface area contributed by atoms with E-state index in [0.717, 1.165) is 12.1 Å². The molecule has 0 unspecified atom stereocenters. The Morgan fingerprint density at radius 3 is 2.38 bits per heavy atom. The molecule has 9 heteroatoms. The summed E-state index contributed by atoms with van der Waals surface area (Å²) in [4.78, 5) is 26.6. The number of anilines is 3. The molecule has 0 amide bonds. The van der Waals surface area contributed by atoms with E-state index in [2.05, 4.69) is 5.32 Å². The summed E-state index contributed by atoms with van der Waals surface area (Å²) in [5.74, 6) is -2.69. The summed E-state index contributed by atoms with van der Waals surface area (Å²) >= 11 is 6.38. The van der Waals surface area contributed by atoms with E-state index in [4.69, 9.17) is 11.6 Å². The van der Waals surface area contributed by atoms with Crippen LogP contribution in [0.1, 0.15) is 0 Å². The van der Waals surface area contributed by atoms with Crippen molar-refractivity contribution in [2.75, 3.05) is 24.3 Å². The number of halogens is 3. The number of hydrogen-bond acceptors (Lipinski definition) is 4. The van der Waals surface area contributed by atoms with Crippen molar-refractivity contribution in [1.82, 2.24) is 4.57 Å². The standard InChI is InChI=1S/C23H18ClF2N3O3/c1-28(2)22-15(24)9-8-14-21(22)29(11-19(30)31)18-10-12(6-7-13(18)23(14)32)27-20-16(25)4-3-5-17(20)26/h3-10,27H,11H2,1-2H3,(H,30,31). The molecule has 0 atom stereocenters. The summed E-state index contributed by atoms with van der Waals surface area (Å²) < 4.78 is 29.7. The minimum Gasteiger partial charge on any atom is -0.480 e. The average Bonchev–Trinajstić information content (AvgIpc) is 2.73. The Labute approximate surface area is 186 Å². The van der Waals surface area contributed by atoms with Crippen LogP contribution in [-0.4, -0.2) is 29.7 Å². The van der Waals surface area contributed by atoms with Crippen LogP contribution in [0.5, 0.6) is 0 Å². The molecule has 1 heterocycles. The SMILES string of the molecule is CN(C)c1c(Cl)ccc2c(=O)c3ccc(Nc4c(F)cccc4F)cc3n(CC(=O)O)c12. The van der Waals surface area contributed by atoms with Gasteiger partial charge in [0.25, 0.3) is 0 Å². The number of carboxylic acids is 1. The lowest BCUT2D eigenvalue weighted by molar-refractivity contribution is -0.137. The van der Waals surface area contributed by atoms with E-state index in [1.807, 2.05) is 0 Å². The van der Waals surface area contributed by atoms with Crippen molar-refractivity contribution in [2.24, 2.45) is 0 Å². The molecule has 32 heavy (non-hydrogen) atoms. The minimum atomic E-state index is -1.13. The van der Waals surface area contributed by atoms with Crippen molar-refractivity contribution in [3.8, 4) is 0 Å². The number of nitrogens with zero attached hydrogens (tertiary/aromatic N) is 2. The highest BCUT2D eigenvalue weighted by molar-refractivity contribution is 6.35. The van der Waals surface area contributed by atoms with E-state index in [-0.39, 0.29) is 27.7 Å². The van der Waals surface area contributed by atoms with E-state index in [0.29, 0.717) is 21.6 Å². The Kier molecular flexibility index (Phi) is 5.48. The monoisotopic (exact) mass is 457 g/mol. The van der Waals surface area contributed by atoms with Crippen LogP contribution in [0.2, 0.25) is 5.02 Å². The fourth-order valence-electron chi connectivity index (χ4n) is 3.79. The summed E-state index contributed by atoms with van der Waals surface area (Å²) in [6.07, 6.45) is 0. The predicted octanol–water partition coefficient (Wildman–Crippen LogP) is 4.98. The van der Waals surface area contributed by atoms with Crippen LogP contribution in [0.25, 0.3) is 21.8 Å².